The van der Waals surface area contributed by atoms with Crippen molar-refractivity contribution in [2.24, 2.45) is 0 Å². The standard InChI is InChI=1S/C11H11N3O3/c1-7-4-2-3-5-8(7)10(16)13-14-6-9(15)12-11(14)17/h2-5H,6H2,1H3,(H,13,16)(H,12,15,17). The minimum atomic E-state index is -0.614. The summed E-state index contributed by atoms with van der Waals surface area (Å²) in [6.45, 7) is 1.64. The van der Waals surface area contributed by atoms with Gasteiger partial charge in [-0.25, -0.2) is 9.80 Å². The van der Waals surface area contributed by atoms with Crippen molar-refractivity contribution in [3.8, 4) is 0 Å². The van der Waals surface area contributed by atoms with Gasteiger partial charge in [0.05, 0.1) is 0 Å². The minimum absolute atomic E-state index is 0.156. The third kappa shape index (κ3) is 2.25. The Morgan fingerprint density at radius 3 is 2.65 bits per heavy atom. The second-order valence-electron chi connectivity index (χ2n) is 3.70. The van der Waals surface area contributed by atoms with E-state index in [0.29, 0.717) is 5.56 Å². The van der Waals surface area contributed by atoms with Gasteiger partial charge >= 0.3 is 6.03 Å². The van der Waals surface area contributed by atoms with Crippen LogP contribution in [0.5, 0.6) is 0 Å². The van der Waals surface area contributed by atoms with Crippen LogP contribution in [0.4, 0.5) is 4.79 Å². The Labute approximate surface area is 97.6 Å². The Bertz CT molecular complexity index is 498. The highest BCUT2D eigenvalue weighted by molar-refractivity contribution is 6.04. The van der Waals surface area contributed by atoms with Gasteiger partial charge in [-0.05, 0) is 18.6 Å². The molecule has 0 aliphatic carbocycles. The first kappa shape index (κ1) is 11.1. The molecule has 0 saturated carbocycles. The molecule has 1 fully saturated rings. The summed E-state index contributed by atoms with van der Waals surface area (Å²) < 4.78 is 0. The summed E-state index contributed by atoms with van der Waals surface area (Å²) in [6.07, 6.45) is 0. The topological polar surface area (TPSA) is 78.5 Å². The average molecular weight is 233 g/mol. The molecule has 2 rings (SSSR count). The average Bonchev–Trinajstić information content (AvgIpc) is 2.58. The number of hydrogen-bond donors (Lipinski definition) is 2. The van der Waals surface area contributed by atoms with Crippen LogP contribution in [0.3, 0.4) is 0 Å². The van der Waals surface area contributed by atoms with Gasteiger partial charge in [0, 0.05) is 5.56 Å². The Morgan fingerprint density at radius 2 is 2.06 bits per heavy atom. The van der Waals surface area contributed by atoms with Crippen LogP contribution in [-0.2, 0) is 4.79 Å². The Balaban J connectivity index is 2.10. The molecule has 0 atom stereocenters. The van der Waals surface area contributed by atoms with E-state index in [-0.39, 0.29) is 6.54 Å². The predicted molar refractivity (Wildman–Crippen MR) is 58.9 cm³/mol. The number of benzene rings is 1. The fourth-order valence-corrected chi connectivity index (χ4v) is 1.54. The van der Waals surface area contributed by atoms with Gasteiger partial charge in [-0.2, -0.15) is 0 Å². The van der Waals surface area contributed by atoms with Crippen LogP contribution < -0.4 is 10.7 Å². The molecule has 6 nitrogen and oxygen atoms in total. The van der Waals surface area contributed by atoms with Crippen LogP contribution in [0, 0.1) is 6.92 Å². The van der Waals surface area contributed by atoms with Crippen molar-refractivity contribution in [2.75, 3.05) is 6.54 Å². The van der Waals surface area contributed by atoms with Crippen molar-refractivity contribution in [1.82, 2.24) is 15.8 Å². The molecule has 0 unspecified atom stereocenters. The predicted octanol–water partition coefficient (Wildman–Crippen LogP) is 0.192. The fourth-order valence-electron chi connectivity index (χ4n) is 1.54. The summed E-state index contributed by atoms with van der Waals surface area (Å²) >= 11 is 0. The summed E-state index contributed by atoms with van der Waals surface area (Å²) in [7, 11) is 0. The summed E-state index contributed by atoms with van der Waals surface area (Å²) in [4.78, 5) is 34.0. The van der Waals surface area contributed by atoms with Crippen LogP contribution in [0.25, 0.3) is 0 Å². The SMILES string of the molecule is Cc1ccccc1C(=O)NN1CC(=O)NC1=O. The maximum atomic E-state index is 11.8. The lowest BCUT2D eigenvalue weighted by molar-refractivity contribution is -0.118. The zero-order valence-electron chi connectivity index (χ0n) is 9.19. The number of carbonyl (C=O) groups excluding carboxylic acids is 3. The molecule has 6 heteroatoms. The lowest BCUT2D eigenvalue weighted by Gasteiger charge is -2.15. The zero-order chi connectivity index (χ0) is 12.4. The van der Waals surface area contributed by atoms with E-state index in [1.807, 2.05) is 6.07 Å². The molecule has 1 aromatic carbocycles. The first-order valence-electron chi connectivity index (χ1n) is 5.06. The number of aryl methyl sites for hydroxylation is 1. The molecular formula is C11H11N3O3. The van der Waals surface area contributed by atoms with E-state index in [9.17, 15) is 14.4 Å². The molecule has 17 heavy (non-hydrogen) atoms. The molecule has 0 radical (unpaired) electrons. The molecule has 88 valence electrons. The van der Waals surface area contributed by atoms with Crippen molar-refractivity contribution in [3.05, 3.63) is 35.4 Å². The molecule has 0 aromatic heterocycles. The number of hydrogen-bond acceptors (Lipinski definition) is 3. The summed E-state index contributed by atoms with van der Waals surface area (Å²) in [5.74, 6) is -0.840. The largest absolute Gasteiger partial charge is 0.343 e. The number of imide groups is 1. The van der Waals surface area contributed by atoms with Crippen molar-refractivity contribution in [3.63, 3.8) is 0 Å². The third-order valence-corrected chi connectivity index (χ3v) is 2.42. The molecule has 1 aliphatic rings. The fraction of sp³-hybridized carbons (Fsp3) is 0.182. The second-order valence-corrected chi connectivity index (χ2v) is 3.70. The highest BCUT2D eigenvalue weighted by Crippen LogP contribution is 2.07. The lowest BCUT2D eigenvalue weighted by Crippen LogP contribution is -2.44. The maximum absolute atomic E-state index is 11.8. The van der Waals surface area contributed by atoms with E-state index in [1.54, 1.807) is 25.1 Å². The van der Waals surface area contributed by atoms with Crippen LogP contribution in [0.15, 0.2) is 24.3 Å². The second kappa shape index (κ2) is 4.25. The molecule has 4 amide bonds. The van der Waals surface area contributed by atoms with Gasteiger partial charge < -0.3 is 0 Å². The van der Waals surface area contributed by atoms with Gasteiger partial charge in [-0.3, -0.25) is 20.3 Å². The van der Waals surface area contributed by atoms with Gasteiger partial charge in [0.1, 0.15) is 6.54 Å². The number of nitrogens with zero attached hydrogens (tertiary/aromatic N) is 1. The van der Waals surface area contributed by atoms with Crippen LogP contribution in [0.1, 0.15) is 15.9 Å². The summed E-state index contributed by atoms with van der Waals surface area (Å²) in [6, 6.07) is 6.39. The van der Waals surface area contributed by atoms with Crippen molar-refractivity contribution in [1.29, 1.82) is 0 Å². The van der Waals surface area contributed by atoms with Gasteiger partial charge in [-0.1, -0.05) is 18.2 Å². The van der Waals surface area contributed by atoms with E-state index >= 15 is 0 Å². The first-order valence-corrected chi connectivity index (χ1v) is 5.06. The lowest BCUT2D eigenvalue weighted by atomic mass is 10.1. The molecule has 1 aliphatic heterocycles. The van der Waals surface area contributed by atoms with Crippen LogP contribution in [0.2, 0.25) is 0 Å². The molecule has 1 heterocycles. The Kier molecular flexibility index (Phi) is 2.78. The van der Waals surface area contributed by atoms with Gasteiger partial charge in [0.25, 0.3) is 5.91 Å². The highest BCUT2D eigenvalue weighted by atomic mass is 16.2. The number of hydrazine groups is 1. The molecule has 1 aromatic rings. The molecule has 2 N–H and O–H groups in total. The molecule has 0 spiro atoms. The number of carbonyl (C=O) groups is 3. The number of amides is 4. The van der Waals surface area contributed by atoms with Crippen molar-refractivity contribution >= 4 is 17.8 Å². The van der Waals surface area contributed by atoms with Crippen LogP contribution >= 0.6 is 0 Å². The zero-order valence-corrected chi connectivity index (χ0v) is 9.19. The molecular weight excluding hydrogens is 222 g/mol. The summed E-state index contributed by atoms with van der Waals surface area (Å²) in [5.41, 5.74) is 3.65. The normalized spacial score (nSPS) is 14.8. The minimum Gasteiger partial charge on any atom is -0.275 e. The van der Waals surface area contributed by atoms with E-state index < -0.39 is 17.8 Å². The number of nitrogens with one attached hydrogen (secondary N) is 2. The van der Waals surface area contributed by atoms with E-state index in [4.69, 9.17) is 0 Å². The quantitative estimate of drug-likeness (QED) is 0.716. The first-order chi connectivity index (χ1) is 8.08. The Morgan fingerprint density at radius 1 is 1.35 bits per heavy atom. The highest BCUT2D eigenvalue weighted by Gasteiger charge is 2.28. The molecule has 1 saturated heterocycles. The van der Waals surface area contributed by atoms with Crippen LogP contribution in [-0.4, -0.2) is 29.4 Å². The Hall–Kier alpha value is -2.37. The number of rotatable bonds is 2. The van der Waals surface area contributed by atoms with Crippen molar-refractivity contribution in [2.45, 2.75) is 6.92 Å². The van der Waals surface area contributed by atoms with Crippen molar-refractivity contribution < 1.29 is 14.4 Å². The van der Waals surface area contributed by atoms with E-state index in [2.05, 4.69) is 10.7 Å². The van der Waals surface area contributed by atoms with Gasteiger partial charge in [-0.15, -0.1) is 0 Å². The van der Waals surface area contributed by atoms with E-state index in [1.165, 1.54) is 0 Å². The monoisotopic (exact) mass is 233 g/mol. The molecule has 0 bridgehead atoms. The van der Waals surface area contributed by atoms with Gasteiger partial charge in [0.2, 0.25) is 5.91 Å². The maximum Gasteiger partial charge on any atom is 0.343 e. The summed E-state index contributed by atoms with van der Waals surface area (Å²) in [5, 5.41) is 3.03. The van der Waals surface area contributed by atoms with E-state index in [0.717, 1.165) is 10.6 Å². The third-order valence-electron chi connectivity index (χ3n) is 2.42. The van der Waals surface area contributed by atoms with Gasteiger partial charge in [0.15, 0.2) is 0 Å². The smallest absolute Gasteiger partial charge is 0.275 e. The number of urea groups is 1.